The van der Waals surface area contributed by atoms with Crippen LogP contribution in [0.5, 0.6) is 11.5 Å². The van der Waals surface area contributed by atoms with Crippen LogP contribution in [0.3, 0.4) is 0 Å². The number of carbonyl (C=O) groups is 1. The molecule has 194 valence electrons. The van der Waals surface area contributed by atoms with E-state index in [1.54, 1.807) is 31.4 Å². The highest BCUT2D eigenvalue weighted by Gasteiger charge is 2.19. The fourth-order valence-electron chi connectivity index (χ4n) is 4.12. The first-order valence-corrected chi connectivity index (χ1v) is 12.2. The molecule has 10 heteroatoms. The molecule has 0 bridgehead atoms. The van der Waals surface area contributed by atoms with Gasteiger partial charge < -0.3 is 24.5 Å². The molecule has 0 unspecified atom stereocenters. The second-order valence-corrected chi connectivity index (χ2v) is 9.41. The second kappa shape index (κ2) is 11.0. The van der Waals surface area contributed by atoms with Gasteiger partial charge in [0.1, 0.15) is 35.0 Å². The summed E-state index contributed by atoms with van der Waals surface area (Å²) in [7, 11) is 1.56. The highest BCUT2D eigenvalue weighted by Crippen LogP contribution is 2.34. The van der Waals surface area contributed by atoms with Crippen molar-refractivity contribution in [3.8, 4) is 22.8 Å². The fourth-order valence-corrected chi connectivity index (χ4v) is 4.41. The molecule has 4 aromatic rings. The standard InChI is InChI=1S/C27H28ClFN4O4/c1-15(2)13-37-23-11-17(10-19(28)25(23)27(34)35)21-12-24(32-14-31-21)30-7-8-33-16(3)9-18-22(36-4)6-5-20(29)26(18)33/h5-6,9-12,14-15H,7-8,13H2,1-4H3,(H,34,35)(H,30,31,32). The summed E-state index contributed by atoms with van der Waals surface area (Å²) in [5.41, 5.74) is 2.45. The minimum Gasteiger partial charge on any atom is -0.496 e. The third kappa shape index (κ3) is 5.61. The third-order valence-electron chi connectivity index (χ3n) is 5.84. The van der Waals surface area contributed by atoms with Crippen molar-refractivity contribution in [2.75, 3.05) is 25.6 Å². The van der Waals surface area contributed by atoms with Crippen LogP contribution in [0.2, 0.25) is 5.02 Å². The van der Waals surface area contributed by atoms with E-state index in [1.165, 1.54) is 12.4 Å². The largest absolute Gasteiger partial charge is 0.496 e. The number of hydrogen-bond acceptors (Lipinski definition) is 6. The summed E-state index contributed by atoms with van der Waals surface area (Å²) in [6, 6.07) is 9.84. The SMILES string of the molecule is COc1ccc(F)c2c1cc(C)n2CCNc1cc(-c2cc(Cl)c(C(=O)O)c(OCC(C)C)c2)ncn1. The number of benzene rings is 2. The van der Waals surface area contributed by atoms with Gasteiger partial charge in [-0.2, -0.15) is 0 Å². The molecule has 0 spiro atoms. The minimum absolute atomic E-state index is 0.0595. The lowest BCUT2D eigenvalue weighted by atomic mass is 10.1. The predicted molar refractivity (Wildman–Crippen MR) is 141 cm³/mol. The quantitative estimate of drug-likeness (QED) is 0.259. The van der Waals surface area contributed by atoms with Gasteiger partial charge in [-0.05, 0) is 43.2 Å². The molecular formula is C27H28ClFN4O4. The number of hydrogen-bond donors (Lipinski definition) is 2. The van der Waals surface area contributed by atoms with E-state index < -0.39 is 5.97 Å². The van der Waals surface area contributed by atoms with Gasteiger partial charge in [-0.15, -0.1) is 0 Å². The molecule has 0 aliphatic heterocycles. The number of aryl methyl sites for hydroxylation is 1. The normalized spacial score (nSPS) is 11.2. The van der Waals surface area contributed by atoms with Gasteiger partial charge in [0, 0.05) is 35.8 Å². The zero-order chi connectivity index (χ0) is 26.7. The number of nitrogens with zero attached hydrogens (tertiary/aromatic N) is 3. The third-order valence-corrected chi connectivity index (χ3v) is 6.14. The number of ether oxygens (including phenoxy) is 2. The molecule has 0 aliphatic rings. The van der Waals surface area contributed by atoms with Crippen LogP contribution in [0.25, 0.3) is 22.2 Å². The Morgan fingerprint density at radius 1 is 1.19 bits per heavy atom. The Hall–Kier alpha value is -3.85. The van der Waals surface area contributed by atoms with Crippen LogP contribution in [-0.4, -0.2) is 45.9 Å². The van der Waals surface area contributed by atoms with Gasteiger partial charge in [-0.3, -0.25) is 0 Å². The van der Waals surface area contributed by atoms with Gasteiger partial charge in [0.2, 0.25) is 0 Å². The first-order valence-electron chi connectivity index (χ1n) is 11.8. The van der Waals surface area contributed by atoms with Crippen LogP contribution in [0, 0.1) is 18.7 Å². The van der Waals surface area contributed by atoms with Gasteiger partial charge in [0.25, 0.3) is 0 Å². The average Bonchev–Trinajstić information content (AvgIpc) is 3.19. The van der Waals surface area contributed by atoms with E-state index in [4.69, 9.17) is 21.1 Å². The van der Waals surface area contributed by atoms with Crippen molar-refractivity contribution in [3.05, 3.63) is 64.8 Å². The predicted octanol–water partition coefficient (Wildman–Crippen LogP) is 6.05. The number of fused-ring (bicyclic) bond motifs is 1. The first kappa shape index (κ1) is 26.2. The summed E-state index contributed by atoms with van der Waals surface area (Å²) >= 11 is 6.31. The topological polar surface area (TPSA) is 98.5 Å². The van der Waals surface area contributed by atoms with Crippen molar-refractivity contribution in [3.63, 3.8) is 0 Å². The van der Waals surface area contributed by atoms with E-state index in [-0.39, 0.29) is 28.1 Å². The Bertz CT molecular complexity index is 1450. The summed E-state index contributed by atoms with van der Waals surface area (Å²) in [5.74, 6) is 0.0858. The summed E-state index contributed by atoms with van der Waals surface area (Å²) < 4.78 is 27.7. The average molecular weight is 527 g/mol. The van der Waals surface area contributed by atoms with E-state index in [0.29, 0.717) is 48.0 Å². The number of aromatic nitrogens is 3. The van der Waals surface area contributed by atoms with Crippen LogP contribution in [0.1, 0.15) is 29.9 Å². The number of methoxy groups -OCH3 is 1. The minimum atomic E-state index is -1.16. The summed E-state index contributed by atoms with van der Waals surface area (Å²) in [6.07, 6.45) is 1.41. The lowest BCUT2D eigenvalue weighted by molar-refractivity contribution is 0.0691. The van der Waals surface area contributed by atoms with E-state index in [0.717, 1.165) is 11.1 Å². The van der Waals surface area contributed by atoms with Crippen LogP contribution in [-0.2, 0) is 6.54 Å². The van der Waals surface area contributed by atoms with Crippen molar-refractivity contribution in [2.24, 2.45) is 5.92 Å². The molecule has 2 heterocycles. The van der Waals surface area contributed by atoms with Crippen molar-refractivity contribution >= 4 is 34.3 Å². The maximum Gasteiger partial charge on any atom is 0.341 e. The van der Waals surface area contributed by atoms with Crippen LogP contribution < -0.4 is 14.8 Å². The molecule has 0 amide bonds. The van der Waals surface area contributed by atoms with Crippen molar-refractivity contribution in [2.45, 2.75) is 27.3 Å². The first-order chi connectivity index (χ1) is 17.7. The highest BCUT2D eigenvalue weighted by molar-refractivity contribution is 6.34. The van der Waals surface area contributed by atoms with E-state index in [1.807, 2.05) is 31.4 Å². The molecule has 0 saturated heterocycles. The maximum absolute atomic E-state index is 14.6. The summed E-state index contributed by atoms with van der Waals surface area (Å²) in [5, 5.41) is 13.6. The number of halogens is 2. The number of anilines is 1. The summed E-state index contributed by atoms with van der Waals surface area (Å²) in [6.45, 7) is 7.17. The molecule has 0 atom stereocenters. The Morgan fingerprint density at radius 2 is 1.97 bits per heavy atom. The van der Waals surface area contributed by atoms with E-state index in [2.05, 4.69) is 15.3 Å². The lowest BCUT2D eigenvalue weighted by Crippen LogP contribution is -2.13. The molecule has 4 rings (SSSR count). The molecule has 8 nitrogen and oxygen atoms in total. The molecule has 0 aliphatic carbocycles. The number of aromatic carboxylic acids is 1. The second-order valence-electron chi connectivity index (χ2n) is 9.01. The highest BCUT2D eigenvalue weighted by atomic mass is 35.5. The van der Waals surface area contributed by atoms with Crippen LogP contribution in [0.15, 0.2) is 42.7 Å². The van der Waals surface area contributed by atoms with Gasteiger partial charge in [-0.1, -0.05) is 25.4 Å². The van der Waals surface area contributed by atoms with Crippen molar-refractivity contribution in [1.82, 2.24) is 14.5 Å². The van der Waals surface area contributed by atoms with Crippen LogP contribution in [0.4, 0.5) is 10.2 Å². The Balaban J connectivity index is 1.56. The smallest absolute Gasteiger partial charge is 0.341 e. The van der Waals surface area contributed by atoms with E-state index in [9.17, 15) is 14.3 Å². The number of rotatable bonds is 10. The molecule has 2 aromatic heterocycles. The van der Waals surface area contributed by atoms with Gasteiger partial charge >= 0.3 is 5.97 Å². The molecule has 2 N–H and O–H groups in total. The summed E-state index contributed by atoms with van der Waals surface area (Å²) in [4.78, 5) is 20.3. The number of carboxylic acid groups (broad SMARTS) is 1. The van der Waals surface area contributed by atoms with Gasteiger partial charge in [0.15, 0.2) is 0 Å². The van der Waals surface area contributed by atoms with Gasteiger partial charge in [-0.25, -0.2) is 19.2 Å². The Kier molecular flexibility index (Phi) is 7.83. The lowest BCUT2D eigenvalue weighted by Gasteiger charge is -2.14. The zero-order valence-corrected chi connectivity index (χ0v) is 21.8. The monoisotopic (exact) mass is 526 g/mol. The van der Waals surface area contributed by atoms with Crippen molar-refractivity contribution in [1.29, 1.82) is 0 Å². The zero-order valence-electron chi connectivity index (χ0n) is 21.0. The molecular weight excluding hydrogens is 499 g/mol. The Labute approximate surface area is 219 Å². The maximum atomic E-state index is 14.6. The molecule has 0 saturated carbocycles. The van der Waals surface area contributed by atoms with Gasteiger partial charge in [0.05, 0.1) is 29.9 Å². The van der Waals surface area contributed by atoms with Crippen LogP contribution >= 0.6 is 11.6 Å². The molecule has 2 aromatic carbocycles. The Morgan fingerprint density at radius 3 is 2.68 bits per heavy atom. The van der Waals surface area contributed by atoms with E-state index >= 15 is 0 Å². The molecule has 0 radical (unpaired) electrons. The number of nitrogens with one attached hydrogen (secondary N) is 1. The molecule has 37 heavy (non-hydrogen) atoms. The van der Waals surface area contributed by atoms with Crippen molar-refractivity contribution < 1.29 is 23.8 Å². The number of carboxylic acids is 1. The fraction of sp³-hybridized carbons (Fsp3) is 0.296. The molecule has 0 fully saturated rings.